The van der Waals surface area contributed by atoms with E-state index in [4.69, 9.17) is 18.9 Å². The first kappa shape index (κ1) is 44.5. The molecule has 1 rings (SSSR count). The summed E-state index contributed by atoms with van der Waals surface area (Å²) in [6, 6.07) is 0. The zero-order valence-electron chi connectivity index (χ0n) is 30.2. The van der Waals surface area contributed by atoms with Crippen molar-refractivity contribution in [1.82, 2.24) is 0 Å². The van der Waals surface area contributed by atoms with Gasteiger partial charge in [-0.1, -0.05) is 122 Å². The summed E-state index contributed by atoms with van der Waals surface area (Å²) in [5.41, 5.74) is 0. The van der Waals surface area contributed by atoms with Crippen molar-refractivity contribution in [3.8, 4) is 0 Å². The van der Waals surface area contributed by atoms with Crippen molar-refractivity contribution in [3.05, 3.63) is 12.2 Å². The van der Waals surface area contributed by atoms with Gasteiger partial charge in [-0.15, -0.1) is 0 Å². The second kappa shape index (κ2) is 30.3. The Balaban J connectivity index is 2.39. The summed E-state index contributed by atoms with van der Waals surface area (Å²) in [6.07, 6.45) is 20.9. The van der Waals surface area contributed by atoms with Gasteiger partial charge in [0.05, 0.1) is 13.2 Å². The van der Waals surface area contributed by atoms with Crippen molar-refractivity contribution in [2.45, 2.75) is 198 Å². The Morgan fingerprint density at radius 1 is 0.625 bits per heavy atom. The van der Waals surface area contributed by atoms with Crippen LogP contribution in [0.2, 0.25) is 0 Å². The van der Waals surface area contributed by atoms with Crippen LogP contribution in [-0.2, 0) is 28.5 Å². The van der Waals surface area contributed by atoms with Gasteiger partial charge in [-0.2, -0.15) is 0 Å². The molecule has 1 fully saturated rings. The van der Waals surface area contributed by atoms with Gasteiger partial charge in [-0.05, 0) is 38.5 Å². The Kier molecular flexibility index (Phi) is 28.0. The molecule has 1 saturated heterocycles. The molecule has 0 bridgehead atoms. The van der Waals surface area contributed by atoms with Gasteiger partial charge in [0.25, 0.3) is 0 Å². The third-order valence-corrected chi connectivity index (χ3v) is 8.90. The number of rotatable bonds is 31. The average Bonchev–Trinajstić information content (AvgIpc) is 3.08. The van der Waals surface area contributed by atoms with Crippen molar-refractivity contribution in [2.75, 3.05) is 19.8 Å². The molecule has 2 unspecified atom stereocenters. The van der Waals surface area contributed by atoms with Crippen molar-refractivity contribution >= 4 is 11.9 Å². The van der Waals surface area contributed by atoms with Crippen LogP contribution in [0.15, 0.2) is 12.2 Å². The zero-order chi connectivity index (χ0) is 35.2. The smallest absolute Gasteiger partial charge is 0.306 e. The number of carbonyl (C=O) groups is 2. The van der Waals surface area contributed by atoms with Crippen LogP contribution in [0.4, 0.5) is 0 Å². The first-order valence-corrected chi connectivity index (χ1v) is 19.3. The first-order valence-electron chi connectivity index (χ1n) is 19.3. The molecule has 0 amide bonds. The van der Waals surface area contributed by atoms with Gasteiger partial charge < -0.3 is 39.4 Å². The van der Waals surface area contributed by atoms with Gasteiger partial charge in [-0.25, -0.2) is 0 Å². The number of esters is 2. The number of aliphatic hydroxyl groups excluding tert-OH is 4. The van der Waals surface area contributed by atoms with E-state index in [-0.39, 0.29) is 32.0 Å². The second-order valence-electron chi connectivity index (χ2n) is 13.4. The Morgan fingerprint density at radius 2 is 1.10 bits per heavy atom. The van der Waals surface area contributed by atoms with Crippen LogP contribution in [0.5, 0.6) is 0 Å². The fourth-order valence-corrected chi connectivity index (χ4v) is 5.77. The molecule has 6 atom stereocenters. The van der Waals surface area contributed by atoms with E-state index in [9.17, 15) is 30.0 Å². The summed E-state index contributed by atoms with van der Waals surface area (Å²) >= 11 is 0. The molecule has 1 aliphatic heterocycles. The highest BCUT2D eigenvalue weighted by Crippen LogP contribution is 2.22. The van der Waals surface area contributed by atoms with Crippen molar-refractivity contribution in [2.24, 2.45) is 0 Å². The molecule has 0 aromatic rings. The highest BCUT2D eigenvalue weighted by atomic mass is 16.7. The fourth-order valence-electron chi connectivity index (χ4n) is 5.77. The minimum Gasteiger partial charge on any atom is -0.462 e. The third-order valence-electron chi connectivity index (χ3n) is 8.90. The Morgan fingerprint density at radius 3 is 1.62 bits per heavy atom. The highest BCUT2D eigenvalue weighted by molar-refractivity contribution is 5.70. The van der Waals surface area contributed by atoms with Crippen LogP contribution in [0.3, 0.4) is 0 Å². The summed E-state index contributed by atoms with van der Waals surface area (Å²) in [7, 11) is 0. The molecule has 4 N–H and O–H groups in total. The lowest BCUT2D eigenvalue weighted by Gasteiger charge is -2.39. The van der Waals surface area contributed by atoms with Crippen molar-refractivity contribution in [3.63, 3.8) is 0 Å². The molecule has 1 aliphatic rings. The van der Waals surface area contributed by atoms with E-state index in [1.54, 1.807) is 0 Å². The predicted octanol–water partition coefficient (Wildman–Crippen LogP) is 6.83. The molecule has 282 valence electrons. The van der Waals surface area contributed by atoms with Crippen LogP contribution in [0, 0.1) is 0 Å². The van der Waals surface area contributed by atoms with E-state index < -0.39 is 49.4 Å². The molecule has 0 spiro atoms. The minimum atomic E-state index is -1.59. The van der Waals surface area contributed by atoms with Crippen LogP contribution in [0.25, 0.3) is 0 Å². The Labute approximate surface area is 291 Å². The largest absolute Gasteiger partial charge is 0.462 e. The maximum atomic E-state index is 12.7. The number of unbranched alkanes of at least 4 members (excludes halogenated alkanes) is 18. The average molecular weight is 687 g/mol. The minimum absolute atomic E-state index is 0.217. The number of ether oxygens (including phenoxy) is 4. The van der Waals surface area contributed by atoms with E-state index in [2.05, 4.69) is 26.0 Å². The number of aliphatic hydroxyl groups is 4. The summed E-state index contributed by atoms with van der Waals surface area (Å²) in [4.78, 5) is 25.1. The lowest BCUT2D eigenvalue weighted by atomic mass is 9.99. The van der Waals surface area contributed by atoms with Crippen molar-refractivity contribution in [1.29, 1.82) is 0 Å². The summed E-state index contributed by atoms with van der Waals surface area (Å²) < 4.78 is 22.0. The number of hydrogen-bond acceptors (Lipinski definition) is 10. The molecule has 1 heterocycles. The van der Waals surface area contributed by atoms with E-state index in [0.717, 1.165) is 51.4 Å². The molecule has 48 heavy (non-hydrogen) atoms. The van der Waals surface area contributed by atoms with Gasteiger partial charge >= 0.3 is 11.9 Å². The Hall–Kier alpha value is -1.56. The quantitative estimate of drug-likeness (QED) is 0.0347. The fraction of sp³-hybridized carbons (Fsp3) is 0.895. The molecule has 0 aliphatic carbocycles. The summed E-state index contributed by atoms with van der Waals surface area (Å²) in [5.74, 6) is -0.818. The van der Waals surface area contributed by atoms with E-state index in [0.29, 0.717) is 6.42 Å². The van der Waals surface area contributed by atoms with E-state index in [1.165, 1.54) is 77.0 Å². The standard InChI is InChI=1S/C38H70O10/c1-3-5-7-9-11-13-14-15-16-17-18-19-21-23-25-27-34(41)47-31(29-45-33(40)26-24-22-20-12-10-8-6-4-2)30-46-38-37(44)36(43)35(42)32(28-39)48-38/h15-16,31-32,35-39,42-44H,3-14,17-30H2,1-2H3/b16-15+/t31-,32-,35+,36?,37?,38-/m1/s1. The highest BCUT2D eigenvalue weighted by Gasteiger charge is 2.44. The Bertz CT molecular complexity index is 804. The predicted molar refractivity (Wildman–Crippen MR) is 187 cm³/mol. The molecular formula is C38H70O10. The maximum absolute atomic E-state index is 12.7. The van der Waals surface area contributed by atoms with E-state index in [1.807, 2.05) is 0 Å². The number of carbonyl (C=O) groups excluding carboxylic acids is 2. The van der Waals surface area contributed by atoms with Gasteiger partial charge in [0, 0.05) is 12.8 Å². The molecular weight excluding hydrogens is 616 g/mol. The number of allylic oxidation sites excluding steroid dienone is 2. The summed E-state index contributed by atoms with van der Waals surface area (Å²) in [6.45, 7) is 3.36. The van der Waals surface area contributed by atoms with Crippen LogP contribution >= 0.6 is 0 Å². The topological polar surface area (TPSA) is 152 Å². The molecule has 10 nitrogen and oxygen atoms in total. The lowest BCUT2D eigenvalue weighted by molar-refractivity contribution is -0.305. The molecule has 0 aromatic carbocycles. The van der Waals surface area contributed by atoms with Gasteiger partial charge in [0.1, 0.15) is 31.0 Å². The van der Waals surface area contributed by atoms with Crippen LogP contribution in [-0.4, -0.2) is 89.0 Å². The SMILES string of the molecule is CCCCCCCC/C=C/CCCCCCCC(=O)O[C@H](COC(=O)CCCCCCCCCC)CO[C@@H]1O[C@H](CO)[C@H](O)C(O)C1O. The number of hydrogen-bond donors (Lipinski definition) is 4. The molecule has 0 radical (unpaired) electrons. The lowest BCUT2D eigenvalue weighted by Crippen LogP contribution is -2.59. The maximum Gasteiger partial charge on any atom is 0.306 e. The third kappa shape index (κ3) is 22.2. The van der Waals surface area contributed by atoms with E-state index >= 15 is 0 Å². The van der Waals surface area contributed by atoms with Gasteiger partial charge in [0.15, 0.2) is 12.4 Å². The molecule has 10 heteroatoms. The molecule has 0 saturated carbocycles. The molecule has 0 aromatic heterocycles. The normalized spacial score (nSPS) is 21.8. The van der Waals surface area contributed by atoms with Crippen LogP contribution in [0.1, 0.15) is 162 Å². The van der Waals surface area contributed by atoms with Crippen LogP contribution < -0.4 is 0 Å². The first-order chi connectivity index (χ1) is 23.3. The zero-order valence-corrected chi connectivity index (χ0v) is 30.2. The summed E-state index contributed by atoms with van der Waals surface area (Å²) in [5, 5.41) is 39.8. The monoisotopic (exact) mass is 686 g/mol. The second-order valence-corrected chi connectivity index (χ2v) is 13.4. The van der Waals surface area contributed by atoms with Gasteiger partial charge in [0.2, 0.25) is 0 Å². The van der Waals surface area contributed by atoms with Crippen molar-refractivity contribution < 1.29 is 49.0 Å². The van der Waals surface area contributed by atoms with Gasteiger partial charge in [-0.3, -0.25) is 9.59 Å².